The van der Waals surface area contributed by atoms with E-state index in [2.05, 4.69) is 10.6 Å². The third kappa shape index (κ3) is 5.95. The Hall–Kier alpha value is -3.82. The minimum atomic E-state index is -4.58. The predicted molar refractivity (Wildman–Crippen MR) is 133 cm³/mol. The summed E-state index contributed by atoms with van der Waals surface area (Å²) in [4.78, 5) is 38.8. The lowest BCUT2D eigenvalue weighted by Gasteiger charge is -2.15. The molecule has 0 bridgehead atoms. The van der Waals surface area contributed by atoms with Gasteiger partial charge in [-0.25, -0.2) is 0 Å². The van der Waals surface area contributed by atoms with Crippen LogP contribution in [-0.4, -0.2) is 22.6 Å². The van der Waals surface area contributed by atoms with Gasteiger partial charge in [-0.2, -0.15) is 13.2 Å². The smallest absolute Gasteiger partial charge is 0.375 e. The molecule has 0 unspecified atom stereocenters. The summed E-state index contributed by atoms with van der Waals surface area (Å²) in [5, 5.41) is 5.00. The molecule has 4 rings (SSSR count). The Morgan fingerprint density at radius 1 is 0.865 bits per heavy atom. The maximum atomic E-state index is 13.0. The van der Waals surface area contributed by atoms with E-state index in [1.165, 1.54) is 12.1 Å². The maximum absolute atomic E-state index is 13.0. The normalized spacial score (nSPS) is 13.8. The summed E-state index contributed by atoms with van der Waals surface area (Å²) in [7, 11) is 0. The second kappa shape index (κ2) is 10.7. The van der Waals surface area contributed by atoms with Crippen molar-refractivity contribution in [1.29, 1.82) is 0 Å². The first-order chi connectivity index (χ1) is 17.5. The molecule has 2 N–H and O–H groups in total. The standard InChI is InChI=1S/C26H18Cl2F3N3O3/c27-19-11-10-18(26(29,30)31)12-20(19)33-23(35)17-8-6-15(7-9-17)13-32-22-21(28)24(36)34(25(22)37)14-16-4-2-1-3-5-16/h1-12,32H,13-14H2,(H,33,35). The molecular weight excluding hydrogens is 530 g/mol. The van der Waals surface area contributed by atoms with Crippen molar-refractivity contribution in [2.24, 2.45) is 0 Å². The molecule has 190 valence electrons. The quantitative estimate of drug-likeness (QED) is 0.371. The van der Waals surface area contributed by atoms with E-state index in [1.54, 1.807) is 36.4 Å². The molecule has 0 aliphatic carbocycles. The zero-order chi connectivity index (χ0) is 26.7. The van der Waals surface area contributed by atoms with Crippen LogP contribution < -0.4 is 10.6 Å². The van der Waals surface area contributed by atoms with Gasteiger partial charge in [0.05, 0.1) is 22.8 Å². The molecule has 37 heavy (non-hydrogen) atoms. The van der Waals surface area contributed by atoms with Crippen LogP contribution in [0.15, 0.2) is 83.5 Å². The summed E-state index contributed by atoms with van der Waals surface area (Å²) in [6.07, 6.45) is -4.58. The number of benzene rings is 3. The molecule has 11 heteroatoms. The Labute approximate surface area is 219 Å². The molecule has 3 aromatic carbocycles. The monoisotopic (exact) mass is 547 g/mol. The van der Waals surface area contributed by atoms with Crippen molar-refractivity contribution < 1.29 is 27.6 Å². The van der Waals surface area contributed by atoms with E-state index in [1.807, 2.05) is 6.07 Å². The van der Waals surface area contributed by atoms with E-state index in [4.69, 9.17) is 23.2 Å². The molecule has 1 aliphatic rings. The number of alkyl halides is 3. The Balaban J connectivity index is 1.39. The fourth-order valence-electron chi connectivity index (χ4n) is 3.57. The number of amides is 3. The summed E-state index contributed by atoms with van der Waals surface area (Å²) in [6, 6.07) is 17.8. The highest BCUT2D eigenvalue weighted by Gasteiger charge is 2.37. The van der Waals surface area contributed by atoms with Gasteiger partial charge in [0.2, 0.25) is 0 Å². The highest BCUT2D eigenvalue weighted by atomic mass is 35.5. The molecule has 1 heterocycles. The lowest BCUT2D eigenvalue weighted by atomic mass is 10.1. The van der Waals surface area contributed by atoms with Crippen molar-refractivity contribution >= 4 is 46.6 Å². The van der Waals surface area contributed by atoms with Crippen LogP contribution in [0.4, 0.5) is 18.9 Å². The topological polar surface area (TPSA) is 78.5 Å². The van der Waals surface area contributed by atoms with Crippen LogP contribution in [0.5, 0.6) is 0 Å². The summed E-state index contributed by atoms with van der Waals surface area (Å²) in [6.45, 7) is 0.213. The number of anilines is 1. The Morgan fingerprint density at radius 3 is 2.19 bits per heavy atom. The van der Waals surface area contributed by atoms with Gasteiger partial charge >= 0.3 is 6.18 Å². The molecule has 0 saturated carbocycles. The molecule has 0 spiro atoms. The SMILES string of the molecule is O=C(Nc1cc(C(F)(F)F)ccc1Cl)c1ccc(CNC2=C(Cl)C(=O)N(Cc3ccccc3)C2=O)cc1. The number of hydrogen-bond acceptors (Lipinski definition) is 4. The van der Waals surface area contributed by atoms with Gasteiger partial charge in [-0.15, -0.1) is 0 Å². The van der Waals surface area contributed by atoms with Crippen molar-refractivity contribution in [2.45, 2.75) is 19.3 Å². The summed E-state index contributed by atoms with van der Waals surface area (Å²) >= 11 is 12.1. The number of imide groups is 1. The molecule has 3 aromatic rings. The number of carbonyl (C=O) groups is 3. The predicted octanol–water partition coefficient (Wildman–Crippen LogP) is 5.72. The average Bonchev–Trinajstić information content (AvgIpc) is 3.07. The van der Waals surface area contributed by atoms with Crippen LogP contribution in [0, 0.1) is 0 Å². The molecule has 0 fully saturated rings. The molecule has 0 atom stereocenters. The van der Waals surface area contributed by atoms with Gasteiger partial charge < -0.3 is 10.6 Å². The second-order valence-electron chi connectivity index (χ2n) is 8.07. The third-order valence-corrected chi connectivity index (χ3v) is 6.20. The largest absolute Gasteiger partial charge is 0.416 e. The molecule has 3 amide bonds. The van der Waals surface area contributed by atoms with E-state index < -0.39 is 29.5 Å². The average molecular weight is 548 g/mol. The van der Waals surface area contributed by atoms with E-state index in [0.29, 0.717) is 5.56 Å². The van der Waals surface area contributed by atoms with Crippen molar-refractivity contribution in [3.8, 4) is 0 Å². The van der Waals surface area contributed by atoms with Gasteiger partial charge in [-0.05, 0) is 41.5 Å². The van der Waals surface area contributed by atoms with Crippen LogP contribution in [0.1, 0.15) is 27.0 Å². The van der Waals surface area contributed by atoms with Gasteiger partial charge in [0, 0.05) is 12.1 Å². The van der Waals surface area contributed by atoms with E-state index in [0.717, 1.165) is 28.7 Å². The minimum Gasteiger partial charge on any atom is -0.375 e. The molecular formula is C26H18Cl2F3N3O3. The summed E-state index contributed by atoms with van der Waals surface area (Å²) in [5.41, 5.74) is 0.476. The Morgan fingerprint density at radius 2 is 1.54 bits per heavy atom. The van der Waals surface area contributed by atoms with Crippen molar-refractivity contribution in [2.75, 3.05) is 5.32 Å². The van der Waals surface area contributed by atoms with Crippen molar-refractivity contribution in [3.63, 3.8) is 0 Å². The first-order valence-corrected chi connectivity index (χ1v) is 11.6. The van der Waals surface area contributed by atoms with E-state index in [9.17, 15) is 27.6 Å². The zero-order valence-electron chi connectivity index (χ0n) is 18.9. The Kier molecular flexibility index (Phi) is 7.56. The number of rotatable bonds is 7. The van der Waals surface area contributed by atoms with Crippen LogP contribution in [0.2, 0.25) is 5.02 Å². The van der Waals surface area contributed by atoms with Crippen molar-refractivity contribution in [1.82, 2.24) is 10.2 Å². The van der Waals surface area contributed by atoms with Gasteiger partial charge in [0.25, 0.3) is 17.7 Å². The lowest BCUT2D eigenvalue weighted by molar-refractivity contribution is -0.139. The maximum Gasteiger partial charge on any atom is 0.416 e. The first kappa shape index (κ1) is 26.2. The number of hydrogen-bond donors (Lipinski definition) is 2. The Bertz CT molecular complexity index is 1390. The van der Waals surface area contributed by atoms with Gasteiger partial charge in [-0.3, -0.25) is 19.3 Å². The van der Waals surface area contributed by atoms with Crippen LogP contribution in [0.3, 0.4) is 0 Å². The van der Waals surface area contributed by atoms with Gasteiger partial charge in [0.15, 0.2) is 0 Å². The van der Waals surface area contributed by atoms with Gasteiger partial charge in [0.1, 0.15) is 10.7 Å². The van der Waals surface area contributed by atoms with Crippen LogP contribution in [-0.2, 0) is 28.9 Å². The van der Waals surface area contributed by atoms with Crippen molar-refractivity contribution in [3.05, 3.63) is 111 Å². The van der Waals surface area contributed by atoms with E-state index >= 15 is 0 Å². The highest BCUT2D eigenvalue weighted by Crippen LogP contribution is 2.34. The van der Waals surface area contributed by atoms with Crippen LogP contribution >= 0.6 is 23.2 Å². The highest BCUT2D eigenvalue weighted by molar-refractivity contribution is 6.47. The lowest BCUT2D eigenvalue weighted by Crippen LogP contribution is -2.33. The zero-order valence-corrected chi connectivity index (χ0v) is 20.4. The second-order valence-corrected chi connectivity index (χ2v) is 8.85. The number of halogens is 5. The number of carbonyl (C=O) groups excluding carboxylic acids is 3. The summed E-state index contributed by atoms with van der Waals surface area (Å²) in [5.74, 6) is -1.80. The molecule has 1 aliphatic heterocycles. The van der Waals surface area contributed by atoms with Gasteiger partial charge in [-0.1, -0.05) is 65.7 Å². The molecule has 0 aromatic heterocycles. The minimum absolute atomic E-state index is 0.0244. The van der Waals surface area contributed by atoms with Crippen LogP contribution in [0.25, 0.3) is 0 Å². The molecule has 0 radical (unpaired) electrons. The molecule has 0 saturated heterocycles. The van der Waals surface area contributed by atoms with E-state index in [-0.39, 0.29) is 40.1 Å². The summed E-state index contributed by atoms with van der Waals surface area (Å²) < 4.78 is 38.9. The number of nitrogens with one attached hydrogen (secondary N) is 2. The third-order valence-electron chi connectivity index (χ3n) is 5.52. The fourth-order valence-corrected chi connectivity index (χ4v) is 3.98. The fraction of sp³-hybridized carbons (Fsp3) is 0.115. The molecule has 6 nitrogen and oxygen atoms in total. The first-order valence-electron chi connectivity index (χ1n) is 10.9. The number of nitrogens with zero attached hydrogens (tertiary/aromatic N) is 1.